The molecule has 1 aliphatic rings. The van der Waals surface area contributed by atoms with E-state index in [9.17, 15) is 23.5 Å². The number of likely N-dealkylation sites (tertiary alicyclic amines) is 1. The number of nitrogens with zero attached hydrogens (tertiary/aromatic N) is 1. The van der Waals surface area contributed by atoms with Crippen LogP contribution in [0, 0.1) is 17.8 Å². The van der Waals surface area contributed by atoms with Gasteiger partial charge in [-0.1, -0.05) is 31.9 Å². The van der Waals surface area contributed by atoms with Crippen LogP contribution in [0.3, 0.4) is 0 Å². The van der Waals surface area contributed by atoms with Crippen LogP contribution in [0.15, 0.2) is 12.2 Å². The second kappa shape index (κ2) is 11.0. The van der Waals surface area contributed by atoms with E-state index in [1.54, 1.807) is 6.92 Å². The molecule has 1 heterocycles. The van der Waals surface area contributed by atoms with E-state index in [1.165, 1.54) is 12.2 Å². The van der Waals surface area contributed by atoms with E-state index >= 15 is 0 Å². The van der Waals surface area contributed by atoms with Crippen molar-refractivity contribution in [3.05, 3.63) is 12.2 Å². The molecule has 0 aromatic rings. The van der Waals surface area contributed by atoms with Gasteiger partial charge in [0, 0.05) is 25.8 Å². The molecule has 0 aliphatic carbocycles. The summed E-state index contributed by atoms with van der Waals surface area (Å²) in [7, 11) is 0. The van der Waals surface area contributed by atoms with Crippen molar-refractivity contribution in [2.24, 2.45) is 5.92 Å². The van der Waals surface area contributed by atoms with Gasteiger partial charge in [0.05, 0.1) is 12.1 Å². The van der Waals surface area contributed by atoms with Crippen LogP contribution >= 0.6 is 0 Å². The monoisotopic (exact) mass is 385 g/mol. The lowest BCUT2D eigenvalue weighted by Crippen LogP contribution is -2.36. The lowest BCUT2D eigenvalue weighted by molar-refractivity contribution is -0.148. The molecule has 27 heavy (non-hydrogen) atoms. The van der Waals surface area contributed by atoms with Gasteiger partial charge in [-0.2, -0.15) is 8.78 Å². The van der Waals surface area contributed by atoms with Gasteiger partial charge in [-0.25, -0.2) is 0 Å². The van der Waals surface area contributed by atoms with Crippen LogP contribution in [0.2, 0.25) is 0 Å². The summed E-state index contributed by atoms with van der Waals surface area (Å²) in [5.74, 6) is 0.0706. The number of carbonyl (C=O) groups excluding carboxylic acids is 1. The minimum Gasteiger partial charge on any atom is -0.481 e. The highest BCUT2D eigenvalue weighted by molar-refractivity contribution is 5.86. The molecule has 152 valence electrons. The highest BCUT2D eigenvalue weighted by Crippen LogP contribution is 2.34. The van der Waals surface area contributed by atoms with Gasteiger partial charge in [0.15, 0.2) is 0 Å². The van der Waals surface area contributed by atoms with Gasteiger partial charge in [-0.15, -0.1) is 11.8 Å². The maximum atomic E-state index is 13.8. The molecule has 0 aromatic heterocycles. The number of unbranched alkanes of at least 4 members (excludes halogenated alkanes) is 3. The molecule has 3 atom stereocenters. The number of rotatable bonds is 11. The highest BCUT2D eigenvalue weighted by Gasteiger charge is 2.52. The van der Waals surface area contributed by atoms with Crippen molar-refractivity contribution >= 4 is 11.9 Å². The topological polar surface area (TPSA) is 77.8 Å². The van der Waals surface area contributed by atoms with Crippen molar-refractivity contribution in [1.82, 2.24) is 4.90 Å². The van der Waals surface area contributed by atoms with E-state index in [0.717, 1.165) is 4.90 Å². The van der Waals surface area contributed by atoms with Gasteiger partial charge >= 0.3 is 11.9 Å². The maximum absolute atomic E-state index is 13.8. The second-order valence-electron chi connectivity index (χ2n) is 7.02. The van der Waals surface area contributed by atoms with Gasteiger partial charge in [-0.05, 0) is 25.7 Å². The fourth-order valence-corrected chi connectivity index (χ4v) is 2.99. The molecule has 1 saturated heterocycles. The second-order valence-corrected chi connectivity index (χ2v) is 7.02. The number of hydrogen-bond acceptors (Lipinski definition) is 3. The summed E-state index contributed by atoms with van der Waals surface area (Å²) < 4.78 is 27.7. The summed E-state index contributed by atoms with van der Waals surface area (Å²) in [4.78, 5) is 23.6. The summed E-state index contributed by atoms with van der Waals surface area (Å²) in [6.45, 7) is 3.73. The highest BCUT2D eigenvalue weighted by atomic mass is 19.3. The van der Waals surface area contributed by atoms with Crippen LogP contribution in [0.4, 0.5) is 8.78 Å². The summed E-state index contributed by atoms with van der Waals surface area (Å²) >= 11 is 0. The van der Waals surface area contributed by atoms with E-state index in [1.807, 2.05) is 6.92 Å². The Morgan fingerprint density at radius 1 is 1.37 bits per heavy atom. The van der Waals surface area contributed by atoms with Crippen LogP contribution in [-0.2, 0) is 9.59 Å². The minimum atomic E-state index is -3.39. The molecule has 5 nitrogen and oxygen atoms in total. The molecule has 1 rings (SSSR count). The Hall–Kier alpha value is -1.94. The standard InChI is InChI=1S/C20H29F2NO4/c1-3-4-9-15(2)17(24)12-11-16-14-20(21,22)19(27)23(16)13-8-6-5-7-10-18(25)26/h11-12,15-17,24H,5-10,13-14H2,1-2H3,(H,25,26)/b12-11+/t15?,16-,17+/m0/s1. The van der Waals surface area contributed by atoms with Crippen LogP contribution < -0.4 is 0 Å². The van der Waals surface area contributed by atoms with Crippen LogP contribution in [0.5, 0.6) is 0 Å². The number of carbonyl (C=O) groups is 2. The number of halogens is 2. The van der Waals surface area contributed by atoms with Crippen LogP contribution in [-0.4, -0.2) is 51.6 Å². The average molecular weight is 385 g/mol. The fraction of sp³-hybridized carbons (Fsp3) is 0.700. The Labute approximate surface area is 159 Å². The first kappa shape index (κ1) is 23.1. The molecule has 0 saturated carbocycles. The summed E-state index contributed by atoms with van der Waals surface area (Å²) in [6.07, 6.45) is 4.58. The van der Waals surface area contributed by atoms with E-state index in [4.69, 9.17) is 5.11 Å². The third kappa shape index (κ3) is 7.67. The van der Waals surface area contributed by atoms with Gasteiger partial charge in [0.2, 0.25) is 0 Å². The molecule has 0 radical (unpaired) electrons. The molecule has 1 unspecified atom stereocenters. The number of aliphatic hydroxyl groups is 1. The van der Waals surface area contributed by atoms with E-state index in [-0.39, 0.29) is 18.9 Å². The summed E-state index contributed by atoms with van der Waals surface area (Å²) in [5.41, 5.74) is 0. The molecule has 0 bridgehead atoms. The average Bonchev–Trinajstić information content (AvgIpc) is 2.82. The molecule has 2 N–H and O–H groups in total. The molecular formula is C20H29F2NO4. The summed E-state index contributed by atoms with van der Waals surface area (Å²) in [6, 6.07) is -0.745. The van der Waals surface area contributed by atoms with Gasteiger partial charge in [-0.3, -0.25) is 9.59 Å². The summed E-state index contributed by atoms with van der Waals surface area (Å²) in [5, 5.41) is 18.7. The Morgan fingerprint density at radius 3 is 2.67 bits per heavy atom. The van der Waals surface area contributed by atoms with Gasteiger partial charge in [0.1, 0.15) is 0 Å². The first-order chi connectivity index (χ1) is 12.7. The zero-order valence-corrected chi connectivity index (χ0v) is 16.0. The largest absolute Gasteiger partial charge is 0.481 e. The zero-order chi connectivity index (χ0) is 20.4. The smallest absolute Gasteiger partial charge is 0.327 e. The number of carboxylic acid groups (broad SMARTS) is 1. The fourth-order valence-electron chi connectivity index (χ4n) is 2.99. The number of amides is 1. The lowest BCUT2D eigenvalue weighted by Gasteiger charge is -2.22. The van der Waals surface area contributed by atoms with Crippen molar-refractivity contribution in [1.29, 1.82) is 0 Å². The molecule has 7 heteroatoms. The molecular weight excluding hydrogens is 356 g/mol. The Bertz CT molecular complexity index is 595. The van der Waals surface area contributed by atoms with E-state index < -0.39 is 36.4 Å². The van der Waals surface area contributed by atoms with Crippen molar-refractivity contribution in [2.45, 2.75) is 76.9 Å². The minimum absolute atomic E-state index is 0.0879. The Balaban J connectivity index is 2.59. The molecule has 1 aliphatic heterocycles. The number of alkyl halides is 2. The SMILES string of the molecule is CC#CCC(C)[C@H](O)/C=C/[C@H]1CC(F)(F)C(=O)N1CCCCCCC(=O)O. The lowest BCUT2D eigenvalue weighted by atomic mass is 10.00. The van der Waals surface area contributed by atoms with Crippen molar-refractivity contribution in [2.75, 3.05) is 6.54 Å². The molecule has 0 spiro atoms. The maximum Gasteiger partial charge on any atom is 0.327 e. The third-order valence-electron chi connectivity index (χ3n) is 4.69. The predicted octanol–water partition coefficient (Wildman–Crippen LogP) is 3.22. The van der Waals surface area contributed by atoms with Gasteiger partial charge in [0.25, 0.3) is 5.91 Å². The third-order valence-corrected chi connectivity index (χ3v) is 4.69. The number of carboxylic acids is 1. The van der Waals surface area contributed by atoms with E-state index in [0.29, 0.717) is 32.1 Å². The van der Waals surface area contributed by atoms with E-state index in [2.05, 4.69) is 11.8 Å². The zero-order valence-electron chi connectivity index (χ0n) is 16.0. The van der Waals surface area contributed by atoms with Crippen LogP contribution in [0.25, 0.3) is 0 Å². The van der Waals surface area contributed by atoms with Crippen molar-refractivity contribution < 1.29 is 28.6 Å². The molecule has 1 fully saturated rings. The first-order valence-corrected chi connectivity index (χ1v) is 9.35. The molecule has 1 amide bonds. The predicted molar refractivity (Wildman–Crippen MR) is 98.2 cm³/mol. The quantitative estimate of drug-likeness (QED) is 0.325. The molecule has 0 aromatic carbocycles. The Morgan fingerprint density at radius 2 is 2.04 bits per heavy atom. The van der Waals surface area contributed by atoms with Gasteiger partial charge < -0.3 is 15.1 Å². The number of hydrogen-bond donors (Lipinski definition) is 2. The number of aliphatic hydroxyl groups excluding tert-OH is 1. The number of aliphatic carboxylic acids is 1. The normalized spacial score (nSPS) is 21.1. The van der Waals surface area contributed by atoms with Crippen LogP contribution in [0.1, 0.15) is 58.8 Å². The van der Waals surface area contributed by atoms with Crippen molar-refractivity contribution in [3.63, 3.8) is 0 Å². The first-order valence-electron chi connectivity index (χ1n) is 9.35. The Kier molecular flexibility index (Phi) is 9.44. The van der Waals surface area contributed by atoms with Crippen molar-refractivity contribution in [3.8, 4) is 11.8 Å².